The molecule has 142 valence electrons. The molecular weight excluding hydrogens is 344 g/mol. The van der Waals surface area contributed by atoms with Crippen LogP contribution in [0.15, 0.2) is 12.3 Å². The van der Waals surface area contributed by atoms with Crippen LogP contribution in [0.2, 0.25) is 0 Å². The van der Waals surface area contributed by atoms with Gasteiger partial charge in [0.15, 0.2) is 6.61 Å². The van der Waals surface area contributed by atoms with Crippen molar-refractivity contribution in [3.8, 4) is 5.88 Å². The molecule has 26 heavy (non-hydrogen) atoms. The van der Waals surface area contributed by atoms with Crippen molar-refractivity contribution >= 4 is 11.8 Å². The number of nitrogens with zero attached hydrogens (tertiary/aromatic N) is 2. The van der Waals surface area contributed by atoms with E-state index in [1.807, 2.05) is 0 Å². The van der Waals surface area contributed by atoms with Crippen molar-refractivity contribution < 1.29 is 23.1 Å². The number of ether oxygens (including phenoxy) is 1. The standard InChI is InChI=1S/C18H23F2N3O3/c1-18(19,20)11-26-17-14(12-5-2-3-6-12)9-13(10-21-17)16(25)22-23-8-4-7-15(23)24/h9-10,12H,2-8,11H2,1H3,(H,22,25). The second-order valence-electron chi connectivity index (χ2n) is 7.05. The summed E-state index contributed by atoms with van der Waals surface area (Å²) in [5, 5.41) is 1.31. The van der Waals surface area contributed by atoms with Crippen molar-refractivity contribution in [3.05, 3.63) is 23.4 Å². The van der Waals surface area contributed by atoms with Gasteiger partial charge in [-0.05, 0) is 31.2 Å². The molecule has 1 N–H and O–H groups in total. The Hall–Kier alpha value is -2.25. The highest BCUT2D eigenvalue weighted by molar-refractivity contribution is 5.95. The Balaban J connectivity index is 1.79. The van der Waals surface area contributed by atoms with E-state index in [4.69, 9.17) is 4.74 Å². The minimum absolute atomic E-state index is 0.118. The predicted molar refractivity (Wildman–Crippen MR) is 90.0 cm³/mol. The van der Waals surface area contributed by atoms with Crippen molar-refractivity contribution in [2.24, 2.45) is 0 Å². The lowest BCUT2D eigenvalue weighted by atomic mass is 9.97. The number of carbonyl (C=O) groups is 2. The molecule has 0 unspecified atom stereocenters. The van der Waals surface area contributed by atoms with Crippen LogP contribution >= 0.6 is 0 Å². The molecular formula is C18H23F2N3O3. The zero-order valence-corrected chi connectivity index (χ0v) is 14.8. The smallest absolute Gasteiger partial charge is 0.278 e. The van der Waals surface area contributed by atoms with Gasteiger partial charge in [0.05, 0.1) is 5.56 Å². The van der Waals surface area contributed by atoms with E-state index in [-0.39, 0.29) is 17.7 Å². The van der Waals surface area contributed by atoms with Gasteiger partial charge in [-0.25, -0.2) is 13.8 Å². The summed E-state index contributed by atoms with van der Waals surface area (Å²) < 4.78 is 31.5. The summed E-state index contributed by atoms with van der Waals surface area (Å²) in [6.45, 7) is 0.519. The van der Waals surface area contributed by atoms with Crippen LogP contribution in [0.4, 0.5) is 8.78 Å². The maximum Gasteiger partial charge on any atom is 0.278 e. The Morgan fingerprint density at radius 3 is 2.73 bits per heavy atom. The normalized spacial score (nSPS) is 18.4. The van der Waals surface area contributed by atoms with Crippen LogP contribution in [0.25, 0.3) is 0 Å². The van der Waals surface area contributed by atoms with E-state index in [1.165, 1.54) is 11.2 Å². The van der Waals surface area contributed by atoms with Gasteiger partial charge in [-0.15, -0.1) is 0 Å². The Morgan fingerprint density at radius 2 is 2.12 bits per heavy atom. The van der Waals surface area contributed by atoms with Crippen molar-refractivity contribution in [1.82, 2.24) is 15.4 Å². The third kappa shape index (κ3) is 4.47. The van der Waals surface area contributed by atoms with E-state index >= 15 is 0 Å². The second kappa shape index (κ2) is 7.55. The summed E-state index contributed by atoms with van der Waals surface area (Å²) in [5.41, 5.74) is 3.56. The van der Waals surface area contributed by atoms with Gasteiger partial charge in [0.25, 0.3) is 11.8 Å². The third-order valence-electron chi connectivity index (χ3n) is 4.71. The topological polar surface area (TPSA) is 71.5 Å². The lowest BCUT2D eigenvalue weighted by molar-refractivity contribution is -0.129. The average Bonchev–Trinajstić information content (AvgIpc) is 3.24. The van der Waals surface area contributed by atoms with Gasteiger partial charge in [-0.3, -0.25) is 20.0 Å². The molecule has 8 heteroatoms. The highest BCUT2D eigenvalue weighted by Gasteiger charge is 2.28. The van der Waals surface area contributed by atoms with Crippen LogP contribution < -0.4 is 10.2 Å². The van der Waals surface area contributed by atoms with E-state index in [9.17, 15) is 18.4 Å². The number of aromatic nitrogens is 1. The zero-order chi connectivity index (χ0) is 18.7. The van der Waals surface area contributed by atoms with E-state index in [0.29, 0.717) is 30.5 Å². The molecule has 0 spiro atoms. The van der Waals surface area contributed by atoms with Gasteiger partial charge in [0, 0.05) is 31.6 Å². The maximum absolute atomic E-state index is 13.1. The van der Waals surface area contributed by atoms with Crippen LogP contribution in [0, 0.1) is 0 Å². The van der Waals surface area contributed by atoms with Crippen LogP contribution in [-0.2, 0) is 4.79 Å². The maximum atomic E-state index is 13.1. The van der Waals surface area contributed by atoms with Crippen LogP contribution in [0.3, 0.4) is 0 Å². The fourth-order valence-corrected chi connectivity index (χ4v) is 3.39. The first-order chi connectivity index (χ1) is 12.3. The lowest BCUT2D eigenvalue weighted by Crippen LogP contribution is -2.42. The molecule has 1 aromatic heterocycles. The number of carbonyl (C=O) groups excluding carboxylic acids is 2. The molecule has 1 saturated heterocycles. The number of rotatable bonds is 6. The van der Waals surface area contributed by atoms with E-state index in [0.717, 1.165) is 32.6 Å². The van der Waals surface area contributed by atoms with Crippen molar-refractivity contribution in [2.45, 2.75) is 57.3 Å². The number of hydrazine groups is 1. The summed E-state index contributed by atoms with van der Waals surface area (Å²) in [6, 6.07) is 1.65. The molecule has 0 radical (unpaired) electrons. The van der Waals surface area contributed by atoms with Crippen molar-refractivity contribution in [1.29, 1.82) is 0 Å². The number of pyridine rings is 1. The highest BCUT2D eigenvalue weighted by Crippen LogP contribution is 2.38. The second-order valence-corrected chi connectivity index (χ2v) is 7.05. The molecule has 1 aliphatic heterocycles. The first-order valence-corrected chi connectivity index (χ1v) is 8.95. The average molecular weight is 367 g/mol. The van der Waals surface area contributed by atoms with Crippen molar-refractivity contribution in [3.63, 3.8) is 0 Å². The first kappa shape index (κ1) is 18.5. The summed E-state index contributed by atoms with van der Waals surface area (Å²) >= 11 is 0. The lowest BCUT2D eigenvalue weighted by Gasteiger charge is -2.20. The number of nitrogens with one attached hydrogen (secondary N) is 1. The molecule has 2 heterocycles. The molecule has 1 aliphatic carbocycles. The summed E-state index contributed by atoms with van der Waals surface area (Å²) in [4.78, 5) is 28.2. The molecule has 0 bridgehead atoms. The van der Waals surface area contributed by atoms with Crippen LogP contribution in [0.1, 0.15) is 67.3 Å². The van der Waals surface area contributed by atoms with Gasteiger partial charge in [0.1, 0.15) is 0 Å². The molecule has 3 rings (SSSR count). The molecule has 2 amide bonds. The number of hydrogen-bond donors (Lipinski definition) is 1. The first-order valence-electron chi connectivity index (χ1n) is 8.95. The fraction of sp³-hybridized carbons (Fsp3) is 0.611. The molecule has 6 nitrogen and oxygen atoms in total. The van der Waals surface area contributed by atoms with E-state index in [1.54, 1.807) is 6.07 Å². The van der Waals surface area contributed by atoms with Gasteiger partial charge in [-0.1, -0.05) is 12.8 Å². The third-order valence-corrected chi connectivity index (χ3v) is 4.71. The molecule has 0 atom stereocenters. The summed E-state index contributed by atoms with van der Waals surface area (Å²) in [5.74, 6) is -3.20. The quantitative estimate of drug-likeness (QED) is 0.839. The van der Waals surface area contributed by atoms with Gasteiger partial charge >= 0.3 is 0 Å². The number of halogens is 2. The van der Waals surface area contributed by atoms with Gasteiger partial charge in [-0.2, -0.15) is 0 Å². The molecule has 2 aliphatic rings. The Labute approximate surface area is 150 Å². The van der Waals surface area contributed by atoms with Crippen LogP contribution in [0.5, 0.6) is 5.88 Å². The number of amides is 2. The Morgan fingerprint density at radius 1 is 1.38 bits per heavy atom. The zero-order valence-electron chi connectivity index (χ0n) is 14.8. The highest BCUT2D eigenvalue weighted by atomic mass is 19.3. The number of hydrogen-bond acceptors (Lipinski definition) is 4. The van der Waals surface area contributed by atoms with Gasteiger partial charge in [0.2, 0.25) is 11.8 Å². The monoisotopic (exact) mass is 367 g/mol. The minimum Gasteiger partial charge on any atom is -0.471 e. The fourth-order valence-electron chi connectivity index (χ4n) is 3.39. The van der Waals surface area contributed by atoms with E-state index < -0.39 is 18.4 Å². The Kier molecular flexibility index (Phi) is 5.38. The molecule has 1 aromatic rings. The van der Waals surface area contributed by atoms with Gasteiger partial charge < -0.3 is 4.74 Å². The minimum atomic E-state index is -2.96. The van der Waals surface area contributed by atoms with E-state index in [2.05, 4.69) is 10.4 Å². The molecule has 2 fully saturated rings. The molecule has 0 aromatic carbocycles. The SMILES string of the molecule is CC(F)(F)COc1ncc(C(=O)NN2CCCC2=O)cc1C1CCCC1. The Bertz CT molecular complexity index is 685. The predicted octanol–water partition coefficient (Wildman–Crippen LogP) is 3.04. The largest absolute Gasteiger partial charge is 0.471 e. The summed E-state index contributed by atoms with van der Waals surface area (Å²) in [7, 11) is 0. The summed E-state index contributed by atoms with van der Waals surface area (Å²) in [6.07, 6.45) is 6.36. The van der Waals surface area contributed by atoms with Crippen LogP contribution in [-0.4, -0.2) is 40.9 Å². The van der Waals surface area contributed by atoms with Crippen molar-refractivity contribution in [2.75, 3.05) is 13.2 Å². The molecule has 1 saturated carbocycles. The number of alkyl halides is 2.